The second-order valence-corrected chi connectivity index (χ2v) is 7.78. The number of anilines is 1. The van der Waals surface area contributed by atoms with E-state index in [1.165, 1.54) is 31.4 Å². The Morgan fingerprint density at radius 1 is 1.12 bits per heavy atom. The number of nitrogens with zero attached hydrogens (tertiary/aromatic N) is 4. The van der Waals surface area contributed by atoms with Gasteiger partial charge in [0.15, 0.2) is 0 Å². The number of hydrogen-bond acceptors (Lipinski definition) is 6. The molecule has 0 amide bonds. The molecule has 4 rings (SSSR count). The summed E-state index contributed by atoms with van der Waals surface area (Å²) in [5.74, 6) is 2.25. The molecule has 1 aliphatic carbocycles. The molecule has 2 aliphatic heterocycles. The van der Waals surface area contributed by atoms with Gasteiger partial charge in [0.05, 0.1) is 13.2 Å². The Hall–Kier alpha value is -1.24. The van der Waals surface area contributed by atoms with Crippen molar-refractivity contribution in [3.05, 3.63) is 18.0 Å². The Labute approximate surface area is 150 Å². The van der Waals surface area contributed by atoms with Crippen LogP contribution in [0.25, 0.3) is 0 Å². The van der Waals surface area contributed by atoms with E-state index in [0.717, 1.165) is 51.9 Å². The molecule has 1 aromatic rings. The number of aliphatic hydroxyl groups excluding tert-OH is 1. The fraction of sp³-hybridized carbons (Fsp3) is 0.789. The smallest absolute Gasteiger partial charge is 0.225 e. The van der Waals surface area contributed by atoms with Crippen LogP contribution in [-0.4, -0.2) is 72.5 Å². The lowest BCUT2D eigenvalue weighted by atomic mass is 9.96. The lowest BCUT2D eigenvalue weighted by Gasteiger charge is -2.30. The average molecular weight is 346 g/mol. The fourth-order valence-corrected chi connectivity index (χ4v) is 4.59. The molecular weight excluding hydrogens is 316 g/mol. The van der Waals surface area contributed by atoms with Gasteiger partial charge in [0.1, 0.15) is 0 Å². The quantitative estimate of drug-likeness (QED) is 0.872. The van der Waals surface area contributed by atoms with Gasteiger partial charge in [-0.05, 0) is 24.8 Å². The highest BCUT2D eigenvalue weighted by Crippen LogP contribution is 2.34. The maximum absolute atomic E-state index is 9.85. The van der Waals surface area contributed by atoms with Crippen LogP contribution >= 0.6 is 0 Å². The molecule has 1 saturated carbocycles. The van der Waals surface area contributed by atoms with Crippen LogP contribution in [0.2, 0.25) is 0 Å². The zero-order chi connectivity index (χ0) is 17.1. The van der Waals surface area contributed by atoms with Crippen molar-refractivity contribution in [3.63, 3.8) is 0 Å². The standard InChI is InChI=1S/C19H30N4O2/c24-14-17-13-23(12-16(17)11-22-7-9-25-10-8-22)19-20-6-5-18(21-19)15-3-1-2-4-15/h5-6,15-17,24H,1-4,7-14H2. The topological polar surface area (TPSA) is 61.7 Å². The van der Waals surface area contributed by atoms with Gasteiger partial charge in [-0.3, -0.25) is 4.90 Å². The first kappa shape index (κ1) is 17.2. The summed E-state index contributed by atoms with van der Waals surface area (Å²) < 4.78 is 5.45. The van der Waals surface area contributed by atoms with Crippen LogP contribution in [0.1, 0.15) is 37.3 Å². The molecule has 0 bridgehead atoms. The van der Waals surface area contributed by atoms with Crippen molar-refractivity contribution in [2.45, 2.75) is 31.6 Å². The molecule has 3 fully saturated rings. The van der Waals surface area contributed by atoms with E-state index < -0.39 is 0 Å². The van der Waals surface area contributed by atoms with Crippen LogP contribution in [0.15, 0.2) is 12.3 Å². The van der Waals surface area contributed by atoms with Gasteiger partial charge in [0, 0.05) is 63.1 Å². The number of rotatable bonds is 5. The molecule has 25 heavy (non-hydrogen) atoms. The molecule has 2 saturated heterocycles. The van der Waals surface area contributed by atoms with Crippen LogP contribution in [0.4, 0.5) is 5.95 Å². The van der Waals surface area contributed by atoms with E-state index in [-0.39, 0.29) is 6.61 Å². The summed E-state index contributed by atoms with van der Waals surface area (Å²) in [7, 11) is 0. The number of hydrogen-bond donors (Lipinski definition) is 1. The van der Waals surface area contributed by atoms with Crippen LogP contribution in [0.3, 0.4) is 0 Å². The summed E-state index contributed by atoms with van der Waals surface area (Å²) >= 11 is 0. The molecule has 1 N–H and O–H groups in total. The van der Waals surface area contributed by atoms with E-state index in [0.29, 0.717) is 17.8 Å². The van der Waals surface area contributed by atoms with E-state index >= 15 is 0 Å². The molecule has 2 atom stereocenters. The van der Waals surface area contributed by atoms with E-state index in [9.17, 15) is 5.11 Å². The van der Waals surface area contributed by atoms with E-state index in [4.69, 9.17) is 9.72 Å². The summed E-state index contributed by atoms with van der Waals surface area (Å²) in [6.07, 6.45) is 7.08. The fourth-order valence-electron chi connectivity index (χ4n) is 4.59. The molecule has 6 nitrogen and oxygen atoms in total. The third-order valence-electron chi connectivity index (χ3n) is 6.13. The number of aromatic nitrogens is 2. The van der Waals surface area contributed by atoms with Crippen LogP contribution in [-0.2, 0) is 4.74 Å². The van der Waals surface area contributed by atoms with Gasteiger partial charge in [-0.2, -0.15) is 0 Å². The summed E-state index contributed by atoms with van der Waals surface area (Å²) in [5, 5.41) is 9.85. The number of ether oxygens (including phenoxy) is 1. The first-order chi connectivity index (χ1) is 12.3. The molecule has 3 heterocycles. The Morgan fingerprint density at radius 2 is 1.88 bits per heavy atom. The first-order valence-electron chi connectivity index (χ1n) is 9.82. The Morgan fingerprint density at radius 3 is 2.64 bits per heavy atom. The minimum Gasteiger partial charge on any atom is -0.396 e. The molecule has 2 unspecified atom stereocenters. The van der Waals surface area contributed by atoms with Gasteiger partial charge >= 0.3 is 0 Å². The van der Waals surface area contributed by atoms with Gasteiger partial charge in [0.2, 0.25) is 5.95 Å². The molecule has 0 spiro atoms. The molecule has 0 radical (unpaired) electrons. The monoisotopic (exact) mass is 346 g/mol. The summed E-state index contributed by atoms with van der Waals surface area (Å²) in [6.45, 7) is 6.74. The molecule has 1 aromatic heterocycles. The maximum atomic E-state index is 9.85. The van der Waals surface area contributed by atoms with Crippen molar-refractivity contribution in [1.29, 1.82) is 0 Å². The molecular formula is C19H30N4O2. The lowest BCUT2D eigenvalue weighted by molar-refractivity contribution is 0.0268. The van der Waals surface area contributed by atoms with Gasteiger partial charge < -0.3 is 14.7 Å². The zero-order valence-electron chi connectivity index (χ0n) is 15.0. The average Bonchev–Trinajstić information content (AvgIpc) is 3.33. The second kappa shape index (κ2) is 7.98. The maximum Gasteiger partial charge on any atom is 0.225 e. The minimum atomic E-state index is 0.244. The Kier molecular flexibility index (Phi) is 5.48. The van der Waals surface area contributed by atoms with Crippen molar-refractivity contribution in [1.82, 2.24) is 14.9 Å². The van der Waals surface area contributed by atoms with E-state index in [1.807, 2.05) is 6.20 Å². The SMILES string of the molecule is OCC1CN(c2nccc(C3CCCC3)n2)CC1CN1CCOCC1. The van der Waals surface area contributed by atoms with Crippen molar-refractivity contribution in [3.8, 4) is 0 Å². The van der Waals surface area contributed by atoms with Crippen molar-refractivity contribution in [2.24, 2.45) is 11.8 Å². The Bertz CT molecular complexity index is 558. The van der Waals surface area contributed by atoms with Crippen LogP contribution in [0.5, 0.6) is 0 Å². The highest BCUT2D eigenvalue weighted by atomic mass is 16.5. The van der Waals surface area contributed by atoms with Crippen molar-refractivity contribution < 1.29 is 9.84 Å². The van der Waals surface area contributed by atoms with Crippen LogP contribution < -0.4 is 4.90 Å². The van der Waals surface area contributed by atoms with Gasteiger partial charge in [-0.15, -0.1) is 0 Å². The molecule has 6 heteroatoms. The number of morpholine rings is 1. The first-order valence-corrected chi connectivity index (χ1v) is 9.82. The van der Waals surface area contributed by atoms with Crippen molar-refractivity contribution in [2.75, 3.05) is 57.4 Å². The molecule has 0 aromatic carbocycles. The summed E-state index contributed by atoms with van der Waals surface area (Å²) in [6, 6.07) is 2.09. The van der Waals surface area contributed by atoms with Gasteiger partial charge in [-0.25, -0.2) is 9.97 Å². The van der Waals surface area contributed by atoms with Crippen LogP contribution in [0, 0.1) is 11.8 Å². The third kappa shape index (κ3) is 3.96. The third-order valence-corrected chi connectivity index (χ3v) is 6.13. The summed E-state index contributed by atoms with van der Waals surface area (Å²) in [4.78, 5) is 14.2. The van der Waals surface area contributed by atoms with E-state index in [2.05, 4.69) is 20.9 Å². The molecule has 138 valence electrons. The van der Waals surface area contributed by atoms with E-state index in [1.54, 1.807) is 0 Å². The minimum absolute atomic E-state index is 0.244. The normalized spacial score (nSPS) is 28.8. The zero-order valence-corrected chi connectivity index (χ0v) is 15.0. The predicted octanol–water partition coefficient (Wildman–Crippen LogP) is 1.51. The predicted molar refractivity (Wildman–Crippen MR) is 96.8 cm³/mol. The lowest BCUT2D eigenvalue weighted by Crippen LogP contribution is -2.41. The number of aliphatic hydroxyl groups is 1. The highest BCUT2D eigenvalue weighted by molar-refractivity contribution is 5.33. The largest absolute Gasteiger partial charge is 0.396 e. The second-order valence-electron chi connectivity index (χ2n) is 7.78. The molecule has 3 aliphatic rings. The summed E-state index contributed by atoms with van der Waals surface area (Å²) in [5.41, 5.74) is 1.21. The van der Waals surface area contributed by atoms with Gasteiger partial charge in [0.25, 0.3) is 0 Å². The Balaban J connectivity index is 1.43. The highest BCUT2D eigenvalue weighted by Gasteiger charge is 2.35. The van der Waals surface area contributed by atoms with Gasteiger partial charge in [-0.1, -0.05) is 12.8 Å². The van der Waals surface area contributed by atoms with Crippen molar-refractivity contribution >= 4 is 5.95 Å².